The number of hydrogen-bond acceptors (Lipinski definition) is 2. The molecule has 2 nitrogen and oxygen atoms in total. The van der Waals surface area contributed by atoms with Gasteiger partial charge in [-0.15, -0.1) is 0 Å². The molecule has 39 heavy (non-hydrogen) atoms. The van der Waals surface area contributed by atoms with Crippen LogP contribution in [0.15, 0.2) is 109 Å². The van der Waals surface area contributed by atoms with Crippen LogP contribution in [-0.2, 0) is 18.3 Å². The predicted molar refractivity (Wildman–Crippen MR) is 161 cm³/mol. The minimum atomic E-state index is -0.586. The number of rotatable bonds is 4. The van der Waals surface area contributed by atoms with Crippen molar-refractivity contribution in [2.45, 2.75) is 32.1 Å². The van der Waals surface area contributed by atoms with Gasteiger partial charge in [-0.3, -0.25) is 0 Å². The maximum Gasteiger partial charge on any atom is 0.116 e. The fraction of sp³-hybridized carbons (Fsp3) is 0.135. The highest BCUT2D eigenvalue weighted by molar-refractivity contribution is 6.00. The van der Waals surface area contributed by atoms with E-state index in [1.165, 1.54) is 44.5 Å². The molecule has 0 bridgehead atoms. The smallest absolute Gasteiger partial charge is 0.116 e. The normalized spacial score (nSPS) is 13.5. The summed E-state index contributed by atoms with van der Waals surface area (Å²) in [5.74, 6) is 0.544. The highest BCUT2D eigenvalue weighted by atomic mass is 16.3. The Morgan fingerprint density at radius 1 is 0.513 bits per heavy atom. The molecule has 0 saturated heterocycles. The minimum absolute atomic E-state index is 0.272. The molecule has 0 atom stereocenters. The second-order valence-electron chi connectivity index (χ2n) is 10.6. The standard InChI is InChI=1S/C37H30O2/c1-3-23-13-15-25-21-27(38)17-19-29(25)35(23)37(33-11-7-5-9-31(33)32-10-6-8-12-34(32)37)36-24(4-2)14-16-26-22-28(39)18-20-30(26)36/h5-22,38-39H,3-4H2,1-2H3. The molecule has 7 rings (SSSR count). The monoisotopic (exact) mass is 506 g/mol. The third-order valence-corrected chi connectivity index (χ3v) is 8.64. The molecule has 6 aromatic carbocycles. The molecule has 0 amide bonds. The van der Waals surface area contributed by atoms with Crippen molar-refractivity contribution in [3.63, 3.8) is 0 Å². The Kier molecular flexibility index (Phi) is 5.28. The molecule has 0 radical (unpaired) electrons. The highest BCUT2D eigenvalue weighted by Gasteiger charge is 2.49. The molecule has 1 aliphatic carbocycles. The maximum absolute atomic E-state index is 10.4. The van der Waals surface area contributed by atoms with Crippen LogP contribution >= 0.6 is 0 Å². The minimum Gasteiger partial charge on any atom is -0.508 e. The van der Waals surface area contributed by atoms with Crippen LogP contribution in [0, 0.1) is 0 Å². The highest BCUT2D eigenvalue weighted by Crippen LogP contribution is 2.60. The van der Waals surface area contributed by atoms with Gasteiger partial charge in [0, 0.05) is 0 Å². The van der Waals surface area contributed by atoms with Crippen molar-refractivity contribution in [3.05, 3.63) is 143 Å². The van der Waals surface area contributed by atoms with Crippen molar-refractivity contribution < 1.29 is 10.2 Å². The van der Waals surface area contributed by atoms with Crippen molar-refractivity contribution in [2.24, 2.45) is 0 Å². The molecule has 6 aromatic rings. The second-order valence-corrected chi connectivity index (χ2v) is 10.6. The van der Waals surface area contributed by atoms with E-state index in [0.29, 0.717) is 0 Å². The Balaban J connectivity index is 1.80. The topological polar surface area (TPSA) is 40.5 Å². The summed E-state index contributed by atoms with van der Waals surface area (Å²) in [7, 11) is 0. The first kappa shape index (κ1) is 23.5. The largest absolute Gasteiger partial charge is 0.508 e. The molecular weight excluding hydrogens is 476 g/mol. The van der Waals surface area contributed by atoms with Crippen LogP contribution < -0.4 is 0 Å². The van der Waals surface area contributed by atoms with E-state index < -0.39 is 5.41 Å². The Morgan fingerprint density at radius 2 is 0.949 bits per heavy atom. The first-order chi connectivity index (χ1) is 19.1. The fourth-order valence-electron chi connectivity index (χ4n) is 7.10. The molecule has 190 valence electrons. The van der Waals surface area contributed by atoms with Crippen molar-refractivity contribution in [1.29, 1.82) is 0 Å². The van der Waals surface area contributed by atoms with Gasteiger partial charge in [-0.25, -0.2) is 0 Å². The summed E-state index contributed by atoms with van der Waals surface area (Å²) >= 11 is 0. The van der Waals surface area contributed by atoms with E-state index in [1.807, 2.05) is 24.3 Å². The van der Waals surface area contributed by atoms with Gasteiger partial charge in [0.1, 0.15) is 11.5 Å². The zero-order chi connectivity index (χ0) is 26.7. The van der Waals surface area contributed by atoms with Crippen LogP contribution in [0.2, 0.25) is 0 Å². The van der Waals surface area contributed by atoms with E-state index in [9.17, 15) is 10.2 Å². The zero-order valence-corrected chi connectivity index (χ0v) is 22.2. The van der Waals surface area contributed by atoms with Crippen LogP contribution in [0.25, 0.3) is 32.7 Å². The van der Waals surface area contributed by atoms with Gasteiger partial charge < -0.3 is 10.2 Å². The Labute approximate surface area is 228 Å². The number of phenolic OH excluding ortho intramolecular Hbond substituents is 2. The Morgan fingerprint density at radius 3 is 1.38 bits per heavy atom. The van der Waals surface area contributed by atoms with Gasteiger partial charge in [0.2, 0.25) is 0 Å². The average molecular weight is 507 g/mol. The van der Waals surface area contributed by atoms with E-state index in [-0.39, 0.29) is 11.5 Å². The molecule has 0 unspecified atom stereocenters. The first-order valence-electron chi connectivity index (χ1n) is 13.8. The van der Waals surface area contributed by atoms with E-state index in [1.54, 1.807) is 0 Å². The van der Waals surface area contributed by atoms with Gasteiger partial charge in [-0.2, -0.15) is 0 Å². The second kappa shape index (κ2) is 8.74. The molecule has 0 aromatic heterocycles. The maximum atomic E-state index is 10.4. The quantitative estimate of drug-likeness (QED) is 0.250. The number of aromatic hydroxyl groups is 2. The van der Waals surface area contributed by atoms with Gasteiger partial charge in [-0.05, 0) is 103 Å². The van der Waals surface area contributed by atoms with Crippen LogP contribution in [0.5, 0.6) is 11.5 Å². The van der Waals surface area contributed by atoms with Gasteiger partial charge in [0.05, 0.1) is 5.41 Å². The van der Waals surface area contributed by atoms with Crippen LogP contribution in [-0.4, -0.2) is 10.2 Å². The summed E-state index contributed by atoms with van der Waals surface area (Å²) in [5, 5.41) is 25.2. The summed E-state index contributed by atoms with van der Waals surface area (Å²) in [4.78, 5) is 0. The van der Waals surface area contributed by atoms with Crippen molar-refractivity contribution in [1.82, 2.24) is 0 Å². The van der Waals surface area contributed by atoms with Crippen LogP contribution in [0.3, 0.4) is 0 Å². The van der Waals surface area contributed by atoms with E-state index >= 15 is 0 Å². The SMILES string of the molecule is CCc1ccc2cc(O)ccc2c1C1(c2c(CC)ccc3cc(O)ccc23)c2ccccc2-c2ccccc21. The van der Waals surface area contributed by atoms with E-state index in [4.69, 9.17) is 0 Å². The number of phenols is 2. The van der Waals surface area contributed by atoms with Gasteiger partial charge in [0.25, 0.3) is 0 Å². The summed E-state index contributed by atoms with van der Waals surface area (Å²) in [5.41, 5.74) is 9.60. The molecule has 0 fully saturated rings. The molecule has 0 spiro atoms. The number of fused-ring (bicyclic) bond motifs is 5. The fourth-order valence-corrected chi connectivity index (χ4v) is 7.10. The molecule has 2 N–H and O–H groups in total. The van der Waals surface area contributed by atoms with Gasteiger partial charge in [-0.1, -0.05) is 98.8 Å². The number of aryl methyl sites for hydroxylation is 2. The van der Waals surface area contributed by atoms with Crippen molar-refractivity contribution >= 4 is 21.5 Å². The Bertz CT molecular complexity index is 1770. The third kappa shape index (κ3) is 3.21. The summed E-state index contributed by atoms with van der Waals surface area (Å²) in [6, 6.07) is 38.0. The molecule has 0 aliphatic heterocycles. The summed E-state index contributed by atoms with van der Waals surface area (Å²) < 4.78 is 0. The third-order valence-electron chi connectivity index (χ3n) is 8.64. The molecule has 0 saturated carbocycles. The van der Waals surface area contributed by atoms with Crippen molar-refractivity contribution in [3.8, 4) is 22.6 Å². The first-order valence-corrected chi connectivity index (χ1v) is 13.8. The predicted octanol–water partition coefficient (Wildman–Crippen LogP) is 8.89. The lowest BCUT2D eigenvalue weighted by molar-refractivity contribution is 0.475. The molecule has 1 aliphatic rings. The van der Waals surface area contributed by atoms with Crippen LogP contribution in [0.1, 0.15) is 47.2 Å². The van der Waals surface area contributed by atoms with E-state index in [0.717, 1.165) is 34.4 Å². The molecule has 0 heterocycles. The lowest BCUT2D eigenvalue weighted by Crippen LogP contribution is -2.32. The molecule has 2 heteroatoms. The molecular formula is C37H30O2. The van der Waals surface area contributed by atoms with E-state index in [2.05, 4.69) is 98.8 Å². The lowest BCUT2D eigenvalue weighted by Gasteiger charge is -2.39. The van der Waals surface area contributed by atoms with Crippen molar-refractivity contribution in [2.75, 3.05) is 0 Å². The average Bonchev–Trinajstić information content (AvgIpc) is 3.26. The van der Waals surface area contributed by atoms with Gasteiger partial charge in [0.15, 0.2) is 0 Å². The van der Waals surface area contributed by atoms with Crippen LogP contribution in [0.4, 0.5) is 0 Å². The number of hydrogen-bond donors (Lipinski definition) is 2. The summed E-state index contributed by atoms with van der Waals surface area (Å²) in [6.45, 7) is 4.46. The zero-order valence-electron chi connectivity index (χ0n) is 22.2. The number of benzene rings is 6. The lowest BCUT2D eigenvalue weighted by atomic mass is 9.62. The summed E-state index contributed by atoms with van der Waals surface area (Å²) in [6.07, 6.45) is 1.76. The Hall–Kier alpha value is -4.56. The van der Waals surface area contributed by atoms with Gasteiger partial charge >= 0.3 is 0 Å².